The number of benzene rings is 3. The van der Waals surface area contributed by atoms with Gasteiger partial charge in [0.1, 0.15) is 124 Å². The minimum absolute atomic E-state index is 0.00258. The van der Waals surface area contributed by atoms with Crippen molar-refractivity contribution >= 4 is 42.0 Å². The normalized spacial score (nSPS) is 35.4. The molecule has 0 spiro atoms. The van der Waals surface area contributed by atoms with Crippen molar-refractivity contribution in [2.75, 3.05) is 53.9 Å². The fourth-order valence-electron chi connectivity index (χ4n) is 10.8. The van der Waals surface area contributed by atoms with E-state index in [4.69, 9.17) is 75.8 Å². The van der Waals surface area contributed by atoms with E-state index in [1.165, 1.54) is 81.0 Å². The molecule has 0 bridgehead atoms. The molecule has 3 aromatic rings. The number of carbonyl (C=O) groups is 5. The van der Waals surface area contributed by atoms with Gasteiger partial charge in [0.05, 0.1) is 39.6 Å². The van der Waals surface area contributed by atoms with Gasteiger partial charge in [0.25, 0.3) is 0 Å². The molecular weight excluding hydrogens is 1290 g/mol. The molecule has 5 aliphatic heterocycles. The third-order valence-electron chi connectivity index (χ3n) is 15.8. The van der Waals surface area contributed by atoms with E-state index >= 15 is 0 Å². The van der Waals surface area contributed by atoms with Crippen LogP contribution in [-0.2, 0) is 85.5 Å². The first-order valence-electron chi connectivity index (χ1n) is 29.6. The van der Waals surface area contributed by atoms with Gasteiger partial charge >= 0.3 is 29.8 Å². The van der Waals surface area contributed by atoms with E-state index in [1.54, 1.807) is 6.07 Å². The van der Waals surface area contributed by atoms with Crippen LogP contribution in [-0.4, -0.2) is 302 Å². The number of hydrogen-bond acceptors (Lipinski definition) is 35. The fraction of sp³-hybridized carbons (Fsp3) is 0.557. The first-order valence-corrected chi connectivity index (χ1v) is 29.6. The predicted molar refractivity (Wildman–Crippen MR) is 310 cm³/mol. The highest BCUT2D eigenvalue weighted by Crippen LogP contribution is 2.43. The smallest absolute Gasteiger partial charge is 0.338 e. The number of phenolic OH excluding ortho intramolecular Hbond substituents is 2. The van der Waals surface area contributed by atoms with Crippen molar-refractivity contribution in [3.63, 3.8) is 0 Å². The fourth-order valence-corrected chi connectivity index (χ4v) is 10.8. The Morgan fingerprint density at radius 1 is 0.479 bits per heavy atom. The molecule has 0 radical (unpaired) electrons. The molecule has 5 heterocycles. The number of carbonyl (C=O) groups excluding carboxylic acids is 5. The minimum atomic E-state index is -3.03. The second-order valence-corrected chi connectivity index (χ2v) is 22.4. The van der Waals surface area contributed by atoms with Gasteiger partial charge in [-0.05, 0) is 59.7 Å². The maximum atomic E-state index is 14.4. The number of esters is 5. The average molecular weight is 1370 g/mol. The van der Waals surface area contributed by atoms with Gasteiger partial charge < -0.3 is 147 Å². The zero-order chi connectivity index (χ0) is 69.9. The molecule has 3 aromatic carbocycles. The van der Waals surface area contributed by atoms with Crippen LogP contribution in [0.4, 0.5) is 0 Å². The highest BCUT2D eigenvalue weighted by atomic mass is 16.8. The van der Waals surface area contributed by atoms with E-state index < -0.39 is 216 Å². The third-order valence-corrected chi connectivity index (χ3v) is 15.8. The number of phenols is 2. The van der Waals surface area contributed by atoms with Gasteiger partial charge in [0.2, 0.25) is 5.79 Å². The van der Waals surface area contributed by atoms with Gasteiger partial charge in [-0.25, -0.2) is 14.4 Å². The Labute approximate surface area is 545 Å². The first kappa shape index (κ1) is 74.6. The molecule has 530 valence electrons. The summed E-state index contributed by atoms with van der Waals surface area (Å²) in [5, 5.41) is 154. The Hall–Kier alpha value is -7.15. The number of aromatic hydroxyl groups is 2. The molecule has 8 rings (SSSR count). The molecule has 35 heteroatoms. The molecule has 0 amide bonds. The van der Waals surface area contributed by atoms with Crippen molar-refractivity contribution in [2.45, 2.75) is 161 Å². The van der Waals surface area contributed by atoms with Gasteiger partial charge in [-0.15, -0.1) is 0 Å². The summed E-state index contributed by atoms with van der Waals surface area (Å²) in [6.45, 7) is -4.52. The van der Waals surface area contributed by atoms with Crippen LogP contribution in [0.3, 0.4) is 0 Å². The van der Waals surface area contributed by atoms with Crippen LogP contribution in [0.25, 0.3) is 12.2 Å². The van der Waals surface area contributed by atoms with Crippen LogP contribution >= 0.6 is 0 Å². The topological polar surface area (TPSA) is 516 Å². The van der Waals surface area contributed by atoms with Gasteiger partial charge in [0, 0.05) is 26.0 Å². The lowest BCUT2D eigenvalue weighted by molar-refractivity contribution is -0.423. The standard InChI is InChI=1S/C61H76O35/c1-26(65)83-23-38-51(91-57-48(77)45(74)42(71)35(20-62)86-57)47(76)50(79)59(88-38)92-53-52(90-41(70)17-13-29-11-15-32(68)34(19-29)82-4)39(24-84-27(2)66)89-60(54(53)93-58-49(78)46(75)43(72)36(21-63)87-58)96-61(25-85-40(69)16-12-28-10-14-31(67)33(18-28)81-3)55(44(73)37(22-64)95-61)94-56(80)30-8-6-5-7-9-30/h5-19,35-39,42-55,57-60,62-64,67-68,71-79H,20-25H2,1-4H3/t35-,36-,37-,38-,39-,42-,43-,44-,45+,46+,47-,48-,49-,50-,51-,52-,53+,54-,55+,57+,58+,59+,60-,61+/m1/s1. The molecular formula is C61H76O35. The Bertz CT molecular complexity index is 3150. The Balaban J connectivity index is 1.29. The number of methoxy groups -OCH3 is 2. The lowest BCUT2D eigenvalue weighted by Crippen LogP contribution is -2.69. The lowest BCUT2D eigenvalue weighted by Gasteiger charge is -2.51. The van der Waals surface area contributed by atoms with E-state index in [9.17, 15) is 95.5 Å². The van der Waals surface area contributed by atoms with Crippen molar-refractivity contribution in [1.82, 2.24) is 0 Å². The van der Waals surface area contributed by atoms with Crippen LogP contribution in [0.1, 0.15) is 35.3 Å². The quantitative estimate of drug-likeness (QED) is 0.0203. The van der Waals surface area contributed by atoms with E-state index in [0.29, 0.717) is 0 Å². The van der Waals surface area contributed by atoms with Crippen LogP contribution < -0.4 is 9.47 Å². The monoisotopic (exact) mass is 1370 g/mol. The summed E-state index contributed by atoms with van der Waals surface area (Å²) in [6, 6.07) is 14.9. The highest BCUT2D eigenvalue weighted by molar-refractivity contribution is 5.90. The molecule has 14 N–H and O–H groups in total. The lowest BCUT2D eigenvalue weighted by atomic mass is 9.95. The van der Waals surface area contributed by atoms with Crippen molar-refractivity contribution in [2.24, 2.45) is 0 Å². The van der Waals surface area contributed by atoms with E-state index in [-0.39, 0.29) is 39.7 Å². The van der Waals surface area contributed by atoms with Gasteiger partial charge in [0.15, 0.2) is 60.4 Å². The number of aliphatic hydroxyl groups excluding tert-OH is 12. The zero-order valence-electron chi connectivity index (χ0n) is 51.5. The Kier molecular flexibility index (Phi) is 26.0. The summed E-state index contributed by atoms with van der Waals surface area (Å²) in [5.74, 6) is -9.41. The maximum Gasteiger partial charge on any atom is 0.338 e. The largest absolute Gasteiger partial charge is 0.504 e. The van der Waals surface area contributed by atoms with Crippen molar-refractivity contribution in [1.29, 1.82) is 0 Å². The average Bonchev–Trinajstić information content (AvgIpc) is 1.35. The highest BCUT2D eigenvalue weighted by Gasteiger charge is 2.64. The molecule has 35 nitrogen and oxygen atoms in total. The second-order valence-electron chi connectivity index (χ2n) is 22.4. The number of ether oxygens (including phenoxy) is 16. The Morgan fingerprint density at radius 3 is 1.44 bits per heavy atom. The van der Waals surface area contributed by atoms with E-state index in [1.807, 2.05) is 0 Å². The molecule has 24 atom stereocenters. The molecule has 5 aliphatic rings. The van der Waals surface area contributed by atoms with E-state index in [2.05, 4.69) is 0 Å². The van der Waals surface area contributed by atoms with Crippen molar-refractivity contribution < 1.29 is 171 Å². The van der Waals surface area contributed by atoms with E-state index in [0.717, 1.165) is 32.1 Å². The van der Waals surface area contributed by atoms with Gasteiger partial charge in [-0.2, -0.15) is 0 Å². The second kappa shape index (κ2) is 33.4. The summed E-state index contributed by atoms with van der Waals surface area (Å²) in [4.78, 5) is 67.8. The number of hydrogen-bond donors (Lipinski definition) is 14. The summed E-state index contributed by atoms with van der Waals surface area (Å²) in [5.41, 5.74) is 0.316. The summed E-state index contributed by atoms with van der Waals surface area (Å²) < 4.78 is 94.2. The van der Waals surface area contributed by atoms with Crippen molar-refractivity contribution in [3.05, 3.63) is 95.6 Å². The first-order chi connectivity index (χ1) is 45.7. The van der Waals surface area contributed by atoms with Gasteiger partial charge in [-0.3, -0.25) is 9.59 Å². The Morgan fingerprint density at radius 2 is 0.938 bits per heavy atom. The summed E-state index contributed by atoms with van der Waals surface area (Å²) in [6.07, 6.45) is -45.7. The summed E-state index contributed by atoms with van der Waals surface area (Å²) >= 11 is 0. The molecule has 96 heavy (non-hydrogen) atoms. The van der Waals surface area contributed by atoms with Gasteiger partial charge in [-0.1, -0.05) is 30.3 Å². The zero-order valence-corrected chi connectivity index (χ0v) is 51.5. The molecule has 0 unspecified atom stereocenters. The van der Waals surface area contributed by atoms with Crippen LogP contribution in [0, 0.1) is 0 Å². The molecule has 5 fully saturated rings. The maximum absolute atomic E-state index is 14.4. The molecule has 0 saturated carbocycles. The predicted octanol–water partition coefficient (Wildman–Crippen LogP) is -4.96. The summed E-state index contributed by atoms with van der Waals surface area (Å²) in [7, 11) is 2.51. The molecule has 0 aromatic heterocycles. The van der Waals surface area contributed by atoms with Crippen LogP contribution in [0.5, 0.6) is 23.0 Å². The van der Waals surface area contributed by atoms with Crippen LogP contribution in [0.2, 0.25) is 0 Å². The third kappa shape index (κ3) is 17.6. The number of rotatable bonds is 26. The van der Waals surface area contributed by atoms with Crippen molar-refractivity contribution in [3.8, 4) is 23.0 Å². The minimum Gasteiger partial charge on any atom is -0.504 e. The SMILES string of the molecule is COc1cc(C=CC(=O)OC[C@@]2(O[C@H]3O[C@H](COC(C)=O)[C@@H](OC(=O)C=Cc4ccc(O)c(OC)c4)[C@H](O[C@@H]4O[C@H](COC(C)=O)[C@@H](O[C@@H]5O[C@H](CO)[C@@H](O)[C@H](O)[C@H]5O)[C@H](O)[C@H]4O)[C@H]3O[C@@H]3O[C@H](CO)[C@@H](O)[C@H](O)[C@H]3O)O[C@H](CO)[C@@H](O)[C@@H]2OC(=O)c2ccccc2)ccc1O. The number of aliphatic hydroxyl groups is 12. The van der Waals surface area contributed by atoms with Crippen LogP contribution in [0.15, 0.2) is 78.9 Å². The molecule has 0 aliphatic carbocycles. The molecule has 5 saturated heterocycles.